The first kappa shape index (κ1) is 11.6. The van der Waals surface area contributed by atoms with Gasteiger partial charge >= 0.3 is 0 Å². The predicted molar refractivity (Wildman–Crippen MR) is 71.9 cm³/mol. The molecular formula is C12H14N2S2. The highest BCUT2D eigenvalue weighted by Gasteiger charge is 2.05. The molecule has 0 spiro atoms. The summed E-state index contributed by atoms with van der Waals surface area (Å²) in [5, 5.41) is 2.10. The minimum absolute atomic E-state index is 0.217. The summed E-state index contributed by atoms with van der Waals surface area (Å²) in [6.07, 6.45) is 0. The van der Waals surface area contributed by atoms with Crippen molar-refractivity contribution in [3.63, 3.8) is 0 Å². The second kappa shape index (κ2) is 5.48. The molecule has 16 heavy (non-hydrogen) atoms. The molecule has 84 valence electrons. The van der Waals surface area contributed by atoms with Crippen molar-refractivity contribution in [1.82, 2.24) is 4.98 Å². The second-order valence-corrected chi connectivity index (χ2v) is 5.78. The van der Waals surface area contributed by atoms with Gasteiger partial charge in [-0.2, -0.15) is 0 Å². The highest BCUT2D eigenvalue weighted by atomic mass is 32.2. The summed E-state index contributed by atoms with van der Waals surface area (Å²) >= 11 is 3.41. The fourth-order valence-electron chi connectivity index (χ4n) is 1.27. The van der Waals surface area contributed by atoms with E-state index in [-0.39, 0.29) is 6.04 Å². The molecule has 0 aliphatic heterocycles. The van der Waals surface area contributed by atoms with Crippen molar-refractivity contribution in [2.75, 3.05) is 5.75 Å². The Morgan fingerprint density at radius 3 is 2.81 bits per heavy atom. The highest BCUT2D eigenvalue weighted by molar-refractivity contribution is 8.01. The summed E-state index contributed by atoms with van der Waals surface area (Å²) in [5.74, 6) is 0.918. The highest BCUT2D eigenvalue weighted by Crippen LogP contribution is 2.28. The van der Waals surface area contributed by atoms with E-state index >= 15 is 0 Å². The quantitative estimate of drug-likeness (QED) is 0.847. The molecule has 2 N–H and O–H groups in total. The molecule has 0 fully saturated rings. The van der Waals surface area contributed by atoms with Crippen LogP contribution in [0.15, 0.2) is 40.1 Å². The zero-order chi connectivity index (χ0) is 11.4. The molecule has 1 aromatic heterocycles. The first-order valence-electron chi connectivity index (χ1n) is 5.15. The zero-order valence-electron chi connectivity index (χ0n) is 9.09. The molecule has 2 nitrogen and oxygen atoms in total. The van der Waals surface area contributed by atoms with Crippen molar-refractivity contribution in [1.29, 1.82) is 0 Å². The molecule has 0 unspecified atom stereocenters. The predicted octanol–water partition coefficient (Wildman–Crippen LogP) is 3.25. The molecule has 2 aromatic rings. The Kier molecular flexibility index (Phi) is 3.98. The molecule has 0 saturated carbocycles. The van der Waals surface area contributed by atoms with Gasteiger partial charge in [0.2, 0.25) is 0 Å². The van der Waals surface area contributed by atoms with Gasteiger partial charge in [0.05, 0.1) is 5.69 Å². The Bertz CT molecular complexity index is 437. The zero-order valence-corrected chi connectivity index (χ0v) is 10.7. The molecule has 0 bridgehead atoms. The average Bonchev–Trinajstić information content (AvgIpc) is 2.76. The summed E-state index contributed by atoms with van der Waals surface area (Å²) in [6.45, 7) is 2.01. The Balaban J connectivity index is 2.08. The maximum Gasteiger partial charge on any atom is 0.150 e. The number of hydrogen-bond acceptors (Lipinski definition) is 4. The van der Waals surface area contributed by atoms with E-state index in [9.17, 15) is 0 Å². The average molecular weight is 250 g/mol. The molecule has 1 atom stereocenters. The number of aromatic nitrogens is 1. The van der Waals surface area contributed by atoms with Crippen LogP contribution >= 0.6 is 23.1 Å². The third-order valence-electron chi connectivity index (χ3n) is 2.02. The van der Waals surface area contributed by atoms with Gasteiger partial charge in [-0.15, -0.1) is 11.3 Å². The van der Waals surface area contributed by atoms with E-state index in [0.29, 0.717) is 0 Å². The van der Waals surface area contributed by atoms with E-state index in [1.54, 1.807) is 23.1 Å². The van der Waals surface area contributed by atoms with E-state index in [4.69, 9.17) is 5.73 Å². The monoisotopic (exact) mass is 250 g/mol. The molecule has 0 aliphatic carbocycles. The fraction of sp³-hybridized carbons (Fsp3) is 0.250. The lowest BCUT2D eigenvalue weighted by atomic mass is 10.2. The Labute approximate surface area is 104 Å². The summed E-state index contributed by atoms with van der Waals surface area (Å²) in [7, 11) is 0. The molecule has 0 amide bonds. The standard InChI is InChI=1S/C12H14N2S2/c1-9(13)7-15-12-14-11(8-16-12)10-5-3-2-4-6-10/h2-6,8-9H,7,13H2,1H3/t9-/m1/s1. The van der Waals surface area contributed by atoms with Crippen molar-refractivity contribution in [2.45, 2.75) is 17.3 Å². The van der Waals surface area contributed by atoms with Gasteiger partial charge in [-0.1, -0.05) is 42.1 Å². The number of nitrogens with two attached hydrogens (primary N) is 1. The van der Waals surface area contributed by atoms with Crippen LogP contribution in [0.1, 0.15) is 6.92 Å². The third kappa shape index (κ3) is 3.07. The first-order valence-corrected chi connectivity index (χ1v) is 7.01. The van der Waals surface area contributed by atoms with Crippen molar-refractivity contribution in [3.8, 4) is 11.3 Å². The van der Waals surface area contributed by atoms with Gasteiger partial charge in [-0.05, 0) is 6.92 Å². The van der Waals surface area contributed by atoms with Crippen LogP contribution in [0, 0.1) is 0 Å². The first-order chi connectivity index (χ1) is 7.75. The molecule has 2 rings (SSSR count). The number of hydrogen-bond donors (Lipinski definition) is 1. The fourth-order valence-corrected chi connectivity index (χ4v) is 3.01. The van der Waals surface area contributed by atoms with Crippen LogP contribution in [-0.4, -0.2) is 16.8 Å². The van der Waals surface area contributed by atoms with E-state index in [1.807, 2.05) is 25.1 Å². The Hall–Kier alpha value is -0.840. The largest absolute Gasteiger partial charge is 0.327 e. The van der Waals surface area contributed by atoms with Gasteiger partial charge in [0.15, 0.2) is 4.34 Å². The summed E-state index contributed by atoms with van der Waals surface area (Å²) in [4.78, 5) is 4.58. The molecule has 1 heterocycles. The number of benzene rings is 1. The van der Waals surface area contributed by atoms with Gasteiger partial charge in [0.25, 0.3) is 0 Å². The summed E-state index contributed by atoms with van der Waals surface area (Å²) in [5.41, 5.74) is 7.94. The molecule has 0 radical (unpaired) electrons. The van der Waals surface area contributed by atoms with Crippen LogP contribution in [-0.2, 0) is 0 Å². The maximum atomic E-state index is 5.71. The maximum absolute atomic E-state index is 5.71. The molecular weight excluding hydrogens is 236 g/mol. The van der Waals surface area contributed by atoms with E-state index in [2.05, 4.69) is 22.5 Å². The normalized spacial score (nSPS) is 12.6. The minimum Gasteiger partial charge on any atom is -0.327 e. The number of rotatable bonds is 4. The van der Waals surface area contributed by atoms with E-state index < -0.39 is 0 Å². The second-order valence-electron chi connectivity index (χ2n) is 3.65. The van der Waals surface area contributed by atoms with Crippen molar-refractivity contribution in [3.05, 3.63) is 35.7 Å². The Morgan fingerprint density at radius 2 is 2.12 bits per heavy atom. The Morgan fingerprint density at radius 1 is 1.38 bits per heavy atom. The van der Waals surface area contributed by atoms with E-state index in [0.717, 1.165) is 15.8 Å². The van der Waals surface area contributed by atoms with Gasteiger partial charge in [0.1, 0.15) is 0 Å². The number of nitrogens with zero attached hydrogens (tertiary/aromatic N) is 1. The van der Waals surface area contributed by atoms with Gasteiger partial charge in [-0.25, -0.2) is 4.98 Å². The molecule has 1 aromatic carbocycles. The van der Waals surface area contributed by atoms with Gasteiger partial charge in [0, 0.05) is 22.7 Å². The van der Waals surface area contributed by atoms with Crippen LogP contribution in [0.4, 0.5) is 0 Å². The van der Waals surface area contributed by atoms with Crippen molar-refractivity contribution < 1.29 is 0 Å². The van der Waals surface area contributed by atoms with Gasteiger partial charge < -0.3 is 5.73 Å². The van der Waals surface area contributed by atoms with E-state index in [1.165, 1.54) is 5.56 Å². The number of thioether (sulfide) groups is 1. The molecule has 4 heteroatoms. The van der Waals surface area contributed by atoms with Crippen LogP contribution in [0.2, 0.25) is 0 Å². The topological polar surface area (TPSA) is 38.9 Å². The van der Waals surface area contributed by atoms with Crippen LogP contribution in [0.3, 0.4) is 0 Å². The van der Waals surface area contributed by atoms with Crippen molar-refractivity contribution in [2.24, 2.45) is 5.73 Å². The van der Waals surface area contributed by atoms with Crippen LogP contribution in [0.5, 0.6) is 0 Å². The number of thiazole rings is 1. The molecule has 0 saturated heterocycles. The van der Waals surface area contributed by atoms with Crippen molar-refractivity contribution >= 4 is 23.1 Å². The lowest BCUT2D eigenvalue weighted by Crippen LogP contribution is -2.17. The van der Waals surface area contributed by atoms with Gasteiger partial charge in [-0.3, -0.25) is 0 Å². The SMILES string of the molecule is C[C@@H](N)CSc1nc(-c2ccccc2)cs1. The lowest BCUT2D eigenvalue weighted by molar-refractivity contribution is 0.847. The summed E-state index contributed by atoms with van der Waals surface area (Å²) in [6, 6.07) is 10.5. The summed E-state index contributed by atoms with van der Waals surface area (Å²) < 4.78 is 1.09. The van der Waals surface area contributed by atoms with Crippen LogP contribution in [0.25, 0.3) is 11.3 Å². The third-order valence-corrected chi connectivity index (χ3v) is 4.33. The molecule has 0 aliphatic rings. The lowest BCUT2D eigenvalue weighted by Gasteiger charge is -2.00. The van der Waals surface area contributed by atoms with Crippen LogP contribution < -0.4 is 5.73 Å². The smallest absolute Gasteiger partial charge is 0.150 e. The minimum atomic E-state index is 0.217.